The molecule has 0 aliphatic heterocycles. The molecule has 1 aromatic rings. The van der Waals surface area contributed by atoms with Crippen molar-refractivity contribution in [2.45, 2.75) is 33.0 Å². The van der Waals surface area contributed by atoms with Crippen molar-refractivity contribution in [1.29, 1.82) is 0 Å². The Bertz CT molecular complexity index is 333. The van der Waals surface area contributed by atoms with E-state index in [1.807, 2.05) is 51.1 Å². The summed E-state index contributed by atoms with van der Waals surface area (Å²) in [5, 5.41) is 0. The summed E-state index contributed by atoms with van der Waals surface area (Å²) in [7, 11) is 0. The second-order valence-corrected chi connectivity index (χ2v) is 4.07. The maximum absolute atomic E-state index is 12.0. The molecule has 0 heterocycles. The van der Waals surface area contributed by atoms with Crippen LogP contribution in [0.1, 0.15) is 32.4 Å². The first kappa shape index (κ1) is 13.9. The smallest absolute Gasteiger partial charge is 0.191 e. The van der Waals surface area contributed by atoms with E-state index in [4.69, 9.17) is 9.47 Å². The minimum Gasteiger partial charge on any atom is -0.371 e. The van der Waals surface area contributed by atoms with Crippen molar-refractivity contribution in [2.75, 3.05) is 13.2 Å². The summed E-state index contributed by atoms with van der Waals surface area (Å²) in [5.41, 5.74) is 0.881. The molecule has 3 nitrogen and oxygen atoms in total. The number of ether oxygens (including phenoxy) is 2. The van der Waals surface area contributed by atoms with Crippen molar-refractivity contribution < 1.29 is 14.3 Å². The third kappa shape index (κ3) is 4.67. The molecule has 1 atom stereocenters. The normalized spacial score (nSPS) is 12.7. The molecule has 0 fully saturated rings. The Morgan fingerprint density at radius 1 is 1.18 bits per heavy atom. The molecule has 0 amide bonds. The van der Waals surface area contributed by atoms with Gasteiger partial charge in [0.2, 0.25) is 0 Å². The van der Waals surface area contributed by atoms with Crippen LogP contribution in [0.15, 0.2) is 30.3 Å². The van der Waals surface area contributed by atoms with Crippen LogP contribution in [0.25, 0.3) is 0 Å². The molecule has 0 saturated carbocycles. The van der Waals surface area contributed by atoms with Crippen LogP contribution in [-0.4, -0.2) is 25.1 Å². The van der Waals surface area contributed by atoms with E-state index in [-0.39, 0.29) is 18.5 Å². The number of ketones is 1. The summed E-state index contributed by atoms with van der Waals surface area (Å²) in [5.74, 6) is -0.0354. The zero-order valence-corrected chi connectivity index (χ0v) is 10.7. The minimum atomic E-state index is -0.514. The number of carbonyl (C=O) groups excluding carboxylic acids is 1. The van der Waals surface area contributed by atoms with Crippen molar-refractivity contribution in [1.82, 2.24) is 0 Å². The molecule has 1 rings (SSSR count). The van der Waals surface area contributed by atoms with Crippen molar-refractivity contribution >= 4 is 5.78 Å². The first-order valence-electron chi connectivity index (χ1n) is 5.96. The van der Waals surface area contributed by atoms with Crippen LogP contribution >= 0.6 is 0 Å². The number of carbonyl (C=O) groups is 1. The van der Waals surface area contributed by atoms with Crippen molar-refractivity contribution in [3.8, 4) is 0 Å². The highest BCUT2D eigenvalue weighted by Gasteiger charge is 2.20. The van der Waals surface area contributed by atoms with Gasteiger partial charge >= 0.3 is 0 Å². The number of rotatable bonds is 7. The van der Waals surface area contributed by atoms with E-state index in [9.17, 15) is 4.79 Å². The van der Waals surface area contributed by atoms with Crippen molar-refractivity contribution in [3.05, 3.63) is 35.9 Å². The van der Waals surface area contributed by atoms with Gasteiger partial charge in [-0.05, 0) is 26.3 Å². The van der Waals surface area contributed by atoms with Crippen molar-refractivity contribution in [3.63, 3.8) is 0 Å². The molecule has 94 valence electrons. The zero-order valence-electron chi connectivity index (χ0n) is 10.7. The van der Waals surface area contributed by atoms with Crippen LogP contribution in [0, 0.1) is 0 Å². The fourth-order valence-electron chi connectivity index (χ4n) is 1.49. The minimum absolute atomic E-state index is 0.0354. The van der Waals surface area contributed by atoms with Gasteiger partial charge in [0.15, 0.2) is 5.78 Å². The molecule has 0 aromatic heterocycles. The van der Waals surface area contributed by atoms with Crippen LogP contribution in [0.4, 0.5) is 0 Å². The Balaban J connectivity index is 2.69. The van der Waals surface area contributed by atoms with E-state index in [0.29, 0.717) is 6.61 Å². The van der Waals surface area contributed by atoms with Gasteiger partial charge in [0.25, 0.3) is 0 Å². The van der Waals surface area contributed by atoms with Gasteiger partial charge in [-0.3, -0.25) is 4.79 Å². The second kappa shape index (κ2) is 7.20. The summed E-state index contributed by atoms with van der Waals surface area (Å²) in [6.45, 7) is 6.30. The summed E-state index contributed by atoms with van der Waals surface area (Å²) in [6, 6.07) is 9.51. The Kier molecular flexibility index (Phi) is 5.87. The Labute approximate surface area is 103 Å². The van der Waals surface area contributed by atoms with Gasteiger partial charge in [0.05, 0.1) is 6.10 Å². The lowest BCUT2D eigenvalue weighted by atomic mass is 10.1. The molecule has 0 saturated heterocycles. The first-order chi connectivity index (χ1) is 8.15. The number of hydrogen-bond donors (Lipinski definition) is 0. The van der Waals surface area contributed by atoms with Gasteiger partial charge < -0.3 is 9.47 Å². The molecule has 0 spiro atoms. The Hall–Kier alpha value is -1.19. The van der Waals surface area contributed by atoms with Crippen LogP contribution in [0.5, 0.6) is 0 Å². The highest BCUT2D eigenvalue weighted by molar-refractivity contribution is 5.85. The molecule has 0 N–H and O–H groups in total. The number of Topliss-reactive ketones (excluding diaryl/α,β-unsaturated/α-hetero) is 1. The van der Waals surface area contributed by atoms with Gasteiger partial charge in [-0.15, -0.1) is 0 Å². The molecular weight excluding hydrogens is 216 g/mol. The lowest BCUT2D eigenvalue weighted by Crippen LogP contribution is -2.22. The van der Waals surface area contributed by atoms with Gasteiger partial charge in [-0.25, -0.2) is 0 Å². The van der Waals surface area contributed by atoms with E-state index < -0.39 is 6.10 Å². The zero-order chi connectivity index (χ0) is 12.7. The van der Waals surface area contributed by atoms with E-state index in [1.165, 1.54) is 0 Å². The summed E-state index contributed by atoms with van der Waals surface area (Å²) >= 11 is 0. The van der Waals surface area contributed by atoms with Crippen LogP contribution in [0.3, 0.4) is 0 Å². The average Bonchev–Trinajstić information content (AvgIpc) is 2.34. The Morgan fingerprint density at radius 2 is 1.82 bits per heavy atom. The number of hydrogen-bond acceptors (Lipinski definition) is 3. The SMILES string of the molecule is CCOC(C(=O)COC(C)C)c1ccccc1. The van der Waals surface area contributed by atoms with Crippen LogP contribution in [-0.2, 0) is 14.3 Å². The van der Waals surface area contributed by atoms with Crippen molar-refractivity contribution in [2.24, 2.45) is 0 Å². The van der Waals surface area contributed by atoms with Crippen LogP contribution in [0.2, 0.25) is 0 Å². The largest absolute Gasteiger partial charge is 0.371 e. The quantitative estimate of drug-likeness (QED) is 0.730. The fraction of sp³-hybridized carbons (Fsp3) is 0.500. The molecule has 1 unspecified atom stereocenters. The predicted octanol–water partition coefficient (Wildman–Crippen LogP) is 2.76. The predicted molar refractivity (Wildman–Crippen MR) is 66.9 cm³/mol. The lowest BCUT2D eigenvalue weighted by Gasteiger charge is -2.17. The monoisotopic (exact) mass is 236 g/mol. The van der Waals surface area contributed by atoms with E-state index in [1.54, 1.807) is 0 Å². The molecule has 0 radical (unpaired) electrons. The highest BCUT2D eigenvalue weighted by Crippen LogP contribution is 2.18. The maximum Gasteiger partial charge on any atom is 0.191 e. The topological polar surface area (TPSA) is 35.5 Å². The first-order valence-corrected chi connectivity index (χ1v) is 5.96. The molecule has 0 aliphatic rings. The van der Waals surface area contributed by atoms with E-state index in [2.05, 4.69) is 0 Å². The second-order valence-electron chi connectivity index (χ2n) is 4.07. The third-order valence-corrected chi connectivity index (χ3v) is 2.29. The van der Waals surface area contributed by atoms with E-state index in [0.717, 1.165) is 5.56 Å². The van der Waals surface area contributed by atoms with Gasteiger partial charge in [-0.2, -0.15) is 0 Å². The molecule has 1 aromatic carbocycles. The summed E-state index contributed by atoms with van der Waals surface area (Å²) in [4.78, 5) is 12.0. The molecule has 17 heavy (non-hydrogen) atoms. The molecule has 0 aliphatic carbocycles. The summed E-state index contributed by atoms with van der Waals surface area (Å²) in [6.07, 6.45) is -0.461. The lowest BCUT2D eigenvalue weighted by molar-refractivity contribution is -0.136. The van der Waals surface area contributed by atoms with Gasteiger partial charge in [0.1, 0.15) is 12.7 Å². The standard InChI is InChI=1S/C14H20O3/c1-4-16-14(12-8-6-5-7-9-12)13(15)10-17-11(2)3/h5-9,11,14H,4,10H2,1-3H3. The molecule has 3 heteroatoms. The van der Waals surface area contributed by atoms with Gasteiger partial charge in [-0.1, -0.05) is 30.3 Å². The highest BCUT2D eigenvalue weighted by atomic mass is 16.5. The number of benzene rings is 1. The maximum atomic E-state index is 12.0. The van der Waals surface area contributed by atoms with Gasteiger partial charge in [0, 0.05) is 6.61 Å². The molecule has 0 bridgehead atoms. The summed E-state index contributed by atoms with van der Waals surface area (Å²) < 4.78 is 10.8. The third-order valence-electron chi connectivity index (χ3n) is 2.29. The van der Waals surface area contributed by atoms with Crippen LogP contribution < -0.4 is 0 Å². The molecular formula is C14H20O3. The Morgan fingerprint density at radius 3 is 2.35 bits per heavy atom. The average molecular weight is 236 g/mol. The fourth-order valence-corrected chi connectivity index (χ4v) is 1.49. The van der Waals surface area contributed by atoms with E-state index >= 15 is 0 Å².